The van der Waals surface area contributed by atoms with Gasteiger partial charge < -0.3 is 15.2 Å². The van der Waals surface area contributed by atoms with E-state index in [1.807, 2.05) is 18.2 Å². The second-order valence-electron chi connectivity index (χ2n) is 4.22. The van der Waals surface area contributed by atoms with E-state index in [0.29, 0.717) is 22.5 Å². The Morgan fingerprint density at radius 1 is 1.11 bits per heavy atom. The number of phenols is 1. The number of para-hydroxylation sites is 1. The number of rotatable bonds is 1. The van der Waals surface area contributed by atoms with Crippen LogP contribution < -0.4 is 5.73 Å². The minimum absolute atomic E-state index is 0.113. The lowest BCUT2D eigenvalue weighted by Crippen LogP contribution is -1.93. The summed E-state index contributed by atoms with van der Waals surface area (Å²) in [4.78, 5) is 0. The number of nitriles is 1. The van der Waals surface area contributed by atoms with E-state index < -0.39 is 0 Å². The van der Waals surface area contributed by atoms with Crippen molar-refractivity contribution in [2.24, 2.45) is 0 Å². The van der Waals surface area contributed by atoms with E-state index in [9.17, 15) is 10.4 Å². The summed E-state index contributed by atoms with van der Waals surface area (Å²) in [6.07, 6.45) is 1.80. The molecule has 92 valence electrons. The number of nitrogen functional groups attached to an aromatic ring is 1. The average Bonchev–Trinajstić information content (AvgIpc) is 2.73. The molecule has 0 aliphatic carbocycles. The molecule has 1 aromatic carbocycles. The molecule has 4 nitrogen and oxygen atoms in total. The molecule has 2 heterocycles. The van der Waals surface area contributed by atoms with Crippen molar-refractivity contribution in [3.8, 4) is 22.9 Å². The fourth-order valence-electron chi connectivity index (χ4n) is 2.30. The Morgan fingerprint density at radius 2 is 1.84 bits per heavy atom. The molecule has 0 fully saturated rings. The summed E-state index contributed by atoms with van der Waals surface area (Å²) in [5.74, 6) is 0.565. The van der Waals surface area contributed by atoms with Crippen LogP contribution in [0.15, 0.2) is 48.7 Å². The molecule has 0 atom stereocenters. The lowest BCUT2D eigenvalue weighted by molar-refractivity contribution is 0.477. The van der Waals surface area contributed by atoms with Crippen LogP contribution in [-0.2, 0) is 0 Å². The van der Waals surface area contributed by atoms with E-state index in [1.165, 1.54) is 0 Å². The summed E-state index contributed by atoms with van der Waals surface area (Å²) >= 11 is 0. The zero-order valence-electron chi connectivity index (χ0n) is 10.0. The molecule has 0 amide bonds. The number of hydrogen-bond donors (Lipinski definition) is 2. The summed E-state index contributed by atoms with van der Waals surface area (Å²) in [5.41, 5.74) is 8.47. The molecule has 2 aromatic heterocycles. The Bertz CT molecular complexity index is 812. The first-order chi connectivity index (χ1) is 9.24. The molecular weight excluding hydrogens is 238 g/mol. The number of aromatic nitrogens is 1. The minimum Gasteiger partial charge on any atom is -0.507 e. The van der Waals surface area contributed by atoms with Crippen molar-refractivity contribution in [1.29, 1.82) is 5.26 Å². The number of benzene rings is 1. The van der Waals surface area contributed by atoms with Crippen LogP contribution in [0.25, 0.3) is 16.6 Å². The average molecular weight is 249 g/mol. The largest absolute Gasteiger partial charge is 0.507 e. The van der Waals surface area contributed by atoms with Gasteiger partial charge in [0.15, 0.2) is 0 Å². The first-order valence-corrected chi connectivity index (χ1v) is 5.81. The number of nitrogens with two attached hydrogens (primary N) is 1. The number of fused-ring (bicyclic) bond motifs is 1. The highest BCUT2D eigenvalue weighted by molar-refractivity contribution is 5.91. The summed E-state index contributed by atoms with van der Waals surface area (Å²) in [6.45, 7) is 0. The highest BCUT2D eigenvalue weighted by Gasteiger charge is 2.19. The number of pyridine rings is 1. The van der Waals surface area contributed by atoms with Crippen molar-refractivity contribution in [3.63, 3.8) is 0 Å². The second kappa shape index (κ2) is 4.07. The fourth-order valence-corrected chi connectivity index (χ4v) is 2.30. The van der Waals surface area contributed by atoms with Gasteiger partial charge in [-0.2, -0.15) is 5.26 Å². The van der Waals surface area contributed by atoms with E-state index >= 15 is 0 Å². The summed E-state index contributed by atoms with van der Waals surface area (Å²) in [5, 5.41) is 19.3. The van der Waals surface area contributed by atoms with Gasteiger partial charge >= 0.3 is 0 Å². The van der Waals surface area contributed by atoms with Crippen molar-refractivity contribution in [1.82, 2.24) is 4.40 Å². The maximum Gasteiger partial charge on any atom is 0.123 e. The van der Waals surface area contributed by atoms with Gasteiger partial charge in [0, 0.05) is 17.3 Å². The number of phenolic OH excluding ortho intramolecular Hbond substituents is 1. The molecule has 4 heteroatoms. The van der Waals surface area contributed by atoms with Crippen LogP contribution in [0.1, 0.15) is 5.56 Å². The van der Waals surface area contributed by atoms with E-state index in [4.69, 9.17) is 5.73 Å². The molecule has 0 spiro atoms. The van der Waals surface area contributed by atoms with Gasteiger partial charge in [-0.1, -0.05) is 24.3 Å². The zero-order valence-corrected chi connectivity index (χ0v) is 10.0. The second-order valence-corrected chi connectivity index (χ2v) is 4.22. The van der Waals surface area contributed by atoms with Crippen molar-refractivity contribution < 1.29 is 5.11 Å². The van der Waals surface area contributed by atoms with Crippen LogP contribution in [0.5, 0.6) is 5.75 Å². The van der Waals surface area contributed by atoms with E-state index in [-0.39, 0.29) is 5.75 Å². The van der Waals surface area contributed by atoms with Gasteiger partial charge in [-0.15, -0.1) is 0 Å². The van der Waals surface area contributed by atoms with Crippen LogP contribution in [0.4, 0.5) is 5.82 Å². The highest BCUT2D eigenvalue weighted by Crippen LogP contribution is 2.38. The van der Waals surface area contributed by atoms with Gasteiger partial charge in [0.25, 0.3) is 0 Å². The molecule has 0 aliphatic rings. The molecule has 3 rings (SSSR count). The summed E-state index contributed by atoms with van der Waals surface area (Å²) in [6, 6.07) is 14.6. The number of anilines is 1. The fraction of sp³-hybridized carbons (Fsp3) is 0. The third kappa shape index (κ3) is 1.53. The molecule has 0 radical (unpaired) electrons. The number of hydrogen-bond acceptors (Lipinski definition) is 3. The van der Waals surface area contributed by atoms with Crippen molar-refractivity contribution in [2.45, 2.75) is 0 Å². The zero-order chi connectivity index (χ0) is 13.4. The van der Waals surface area contributed by atoms with Gasteiger partial charge in [-0.3, -0.25) is 0 Å². The first-order valence-electron chi connectivity index (χ1n) is 5.81. The quantitative estimate of drug-likeness (QED) is 0.696. The Morgan fingerprint density at radius 3 is 2.58 bits per heavy atom. The van der Waals surface area contributed by atoms with Gasteiger partial charge in [-0.05, 0) is 18.2 Å². The van der Waals surface area contributed by atoms with Gasteiger partial charge in [-0.25, -0.2) is 0 Å². The Kier molecular flexibility index (Phi) is 2.39. The van der Waals surface area contributed by atoms with Crippen LogP contribution >= 0.6 is 0 Å². The van der Waals surface area contributed by atoms with Crippen LogP contribution in [0, 0.1) is 11.3 Å². The summed E-state index contributed by atoms with van der Waals surface area (Å²) in [7, 11) is 0. The van der Waals surface area contributed by atoms with E-state index in [2.05, 4.69) is 6.07 Å². The van der Waals surface area contributed by atoms with E-state index in [1.54, 1.807) is 34.9 Å². The number of nitrogens with zero attached hydrogens (tertiary/aromatic N) is 2. The molecule has 0 bridgehead atoms. The minimum atomic E-state index is 0.113. The molecule has 0 aliphatic heterocycles. The standard InChI is InChI=1S/C15H11N3O/c16-9-11-12-6-3-4-8-18(12)15(17)14(11)10-5-1-2-7-13(10)19/h1-8,19H,17H2. The van der Waals surface area contributed by atoms with Crippen molar-refractivity contribution >= 4 is 11.3 Å². The Balaban J connectivity index is 2.46. The maximum atomic E-state index is 9.96. The molecular formula is C15H11N3O. The van der Waals surface area contributed by atoms with Gasteiger partial charge in [0.1, 0.15) is 17.6 Å². The van der Waals surface area contributed by atoms with Crippen molar-refractivity contribution in [2.75, 3.05) is 5.73 Å². The summed E-state index contributed by atoms with van der Waals surface area (Å²) < 4.78 is 1.75. The predicted octanol–water partition coefficient (Wildman–Crippen LogP) is 2.77. The third-order valence-electron chi connectivity index (χ3n) is 3.17. The smallest absolute Gasteiger partial charge is 0.123 e. The van der Waals surface area contributed by atoms with Gasteiger partial charge in [0.05, 0.1) is 11.1 Å². The molecule has 3 N–H and O–H groups in total. The Labute approximate surface area is 109 Å². The molecule has 0 unspecified atom stereocenters. The van der Waals surface area contributed by atoms with Crippen LogP contribution in [-0.4, -0.2) is 9.51 Å². The van der Waals surface area contributed by atoms with Crippen LogP contribution in [0.2, 0.25) is 0 Å². The molecule has 3 aromatic rings. The SMILES string of the molecule is N#Cc1c(-c2ccccc2O)c(N)n2ccccc12. The number of aromatic hydroxyl groups is 1. The monoisotopic (exact) mass is 249 g/mol. The van der Waals surface area contributed by atoms with E-state index in [0.717, 1.165) is 5.52 Å². The highest BCUT2D eigenvalue weighted by atomic mass is 16.3. The first kappa shape index (κ1) is 11.2. The molecule has 0 saturated heterocycles. The van der Waals surface area contributed by atoms with Crippen LogP contribution in [0.3, 0.4) is 0 Å². The lowest BCUT2D eigenvalue weighted by atomic mass is 10.0. The maximum absolute atomic E-state index is 9.96. The lowest BCUT2D eigenvalue weighted by Gasteiger charge is -2.04. The molecule has 0 saturated carbocycles. The normalized spacial score (nSPS) is 10.5. The Hall–Kier alpha value is -2.93. The van der Waals surface area contributed by atoms with Gasteiger partial charge in [0.2, 0.25) is 0 Å². The predicted molar refractivity (Wildman–Crippen MR) is 73.6 cm³/mol. The topological polar surface area (TPSA) is 74.4 Å². The third-order valence-corrected chi connectivity index (χ3v) is 3.17. The molecule has 19 heavy (non-hydrogen) atoms. The van der Waals surface area contributed by atoms with Crippen molar-refractivity contribution in [3.05, 3.63) is 54.2 Å².